The summed E-state index contributed by atoms with van der Waals surface area (Å²) < 4.78 is 0. The molecule has 0 heterocycles. The second kappa shape index (κ2) is 3.80. The van der Waals surface area contributed by atoms with Crippen molar-refractivity contribution in [1.29, 1.82) is 0 Å². The van der Waals surface area contributed by atoms with Gasteiger partial charge >= 0.3 is 0 Å². The molecule has 2 nitrogen and oxygen atoms in total. The highest BCUT2D eigenvalue weighted by Crippen LogP contribution is 2.31. The number of hydrogen-bond acceptors (Lipinski definition) is 2. The molecule has 0 radical (unpaired) electrons. The number of allylic oxidation sites excluding steroid dienone is 1. The molecule has 0 spiro atoms. The van der Waals surface area contributed by atoms with E-state index in [1.54, 1.807) is 6.08 Å². The average Bonchev–Trinajstić information content (AvgIpc) is 2.23. The fourth-order valence-corrected chi connectivity index (χ4v) is 1.98. The van der Waals surface area contributed by atoms with Crippen molar-refractivity contribution in [2.75, 3.05) is 0 Å². The Morgan fingerprint density at radius 3 is 2.69 bits per heavy atom. The third kappa shape index (κ3) is 2.02. The minimum absolute atomic E-state index is 0.331. The summed E-state index contributed by atoms with van der Waals surface area (Å²) in [6, 6.07) is 8.00. The molecule has 1 aromatic carbocycles. The first-order valence-corrected chi connectivity index (χ1v) is 5.47. The largest absolute Gasteiger partial charge is 0.508 e. The molecule has 0 amide bonds. The third-order valence-corrected chi connectivity index (χ3v) is 2.92. The van der Waals surface area contributed by atoms with Crippen LogP contribution in [0.3, 0.4) is 0 Å². The minimum Gasteiger partial charge on any atom is -0.508 e. The summed E-state index contributed by atoms with van der Waals surface area (Å²) in [6.07, 6.45) is 4.42. The van der Waals surface area contributed by atoms with Gasteiger partial charge in [0.25, 0.3) is 0 Å². The Bertz CT molecular complexity index is 469. The summed E-state index contributed by atoms with van der Waals surface area (Å²) in [5.41, 5.74) is 8.75. The predicted octanol–water partition coefficient (Wildman–Crippen LogP) is 2.94. The highest BCUT2D eigenvalue weighted by molar-refractivity contribution is 5.80. The van der Waals surface area contributed by atoms with E-state index in [0.717, 1.165) is 16.7 Å². The van der Waals surface area contributed by atoms with Gasteiger partial charge < -0.3 is 10.8 Å². The van der Waals surface area contributed by atoms with Gasteiger partial charge in [-0.3, -0.25) is 0 Å². The second-order valence-electron chi connectivity index (χ2n) is 4.67. The van der Waals surface area contributed by atoms with Gasteiger partial charge in [0.05, 0.1) is 0 Å². The van der Waals surface area contributed by atoms with E-state index in [1.807, 2.05) is 44.2 Å². The topological polar surface area (TPSA) is 46.2 Å². The highest BCUT2D eigenvalue weighted by atomic mass is 16.3. The zero-order chi connectivity index (χ0) is 11.8. The van der Waals surface area contributed by atoms with Crippen LogP contribution in [0.15, 0.2) is 42.2 Å². The smallest absolute Gasteiger partial charge is 0.119 e. The number of aliphatic hydroxyl groups is 1. The third-order valence-electron chi connectivity index (χ3n) is 2.92. The van der Waals surface area contributed by atoms with Crippen LogP contribution < -0.4 is 5.73 Å². The molecule has 1 aliphatic carbocycles. The summed E-state index contributed by atoms with van der Waals surface area (Å²) in [5.74, 6) is 0.331. The van der Waals surface area contributed by atoms with Crippen LogP contribution in [0.25, 0.3) is 5.57 Å². The van der Waals surface area contributed by atoms with Crippen molar-refractivity contribution < 1.29 is 5.11 Å². The normalized spacial score (nSPS) is 24.9. The van der Waals surface area contributed by atoms with E-state index in [2.05, 4.69) is 0 Å². The van der Waals surface area contributed by atoms with Crippen molar-refractivity contribution in [3.63, 3.8) is 0 Å². The molecule has 2 rings (SSSR count). The number of hydrogen-bond donors (Lipinski definition) is 2. The Morgan fingerprint density at radius 1 is 1.31 bits per heavy atom. The number of benzene rings is 1. The molecular weight excluding hydrogens is 198 g/mol. The molecule has 0 saturated heterocycles. The van der Waals surface area contributed by atoms with Gasteiger partial charge in [-0.05, 0) is 37.5 Å². The van der Waals surface area contributed by atoms with E-state index in [1.165, 1.54) is 0 Å². The Labute approximate surface area is 96.1 Å². The maximum Gasteiger partial charge on any atom is 0.119 e. The average molecular weight is 215 g/mol. The standard InChI is InChI=1S/C14H17NO/c1-10-5-3-4-6-11(10)12-9-14(2,15)8-7-13(12)16/h3-7,9,16H,8,15H2,1-2H3. The molecule has 0 aliphatic heterocycles. The van der Waals surface area contributed by atoms with Crippen LogP contribution in [-0.4, -0.2) is 10.6 Å². The van der Waals surface area contributed by atoms with Crippen LogP contribution in [0.5, 0.6) is 0 Å². The van der Waals surface area contributed by atoms with E-state index < -0.39 is 0 Å². The Kier molecular flexibility index (Phi) is 2.60. The summed E-state index contributed by atoms with van der Waals surface area (Å²) in [7, 11) is 0. The summed E-state index contributed by atoms with van der Waals surface area (Å²) in [5, 5.41) is 9.92. The van der Waals surface area contributed by atoms with E-state index >= 15 is 0 Å². The molecule has 1 atom stereocenters. The van der Waals surface area contributed by atoms with E-state index in [4.69, 9.17) is 5.73 Å². The van der Waals surface area contributed by atoms with Crippen molar-refractivity contribution in [3.05, 3.63) is 53.3 Å². The SMILES string of the molecule is Cc1ccccc1C1=CC(C)(N)CC=C1O. The first-order valence-electron chi connectivity index (χ1n) is 5.47. The molecule has 1 aromatic rings. The van der Waals surface area contributed by atoms with E-state index in [0.29, 0.717) is 12.2 Å². The van der Waals surface area contributed by atoms with Gasteiger partial charge in [-0.25, -0.2) is 0 Å². The second-order valence-corrected chi connectivity index (χ2v) is 4.67. The van der Waals surface area contributed by atoms with Gasteiger partial charge in [-0.2, -0.15) is 0 Å². The predicted molar refractivity (Wildman–Crippen MR) is 67.1 cm³/mol. The van der Waals surface area contributed by atoms with Crippen LogP contribution >= 0.6 is 0 Å². The lowest BCUT2D eigenvalue weighted by Gasteiger charge is -2.25. The number of aryl methyl sites for hydroxylation is 1. The monoisotopic (exact) mass is 215 g/mol. The first kappa shape index (κ1) is 11.0. The van der Waals surface area contributed by atoms with Crippen LogP contribution in [0.4, 0.5) is 0 Å². The summed E-state index contributed by atoms with van der Waals surface area (Å²) in [6.45, 7) is 4.00. The minimum atomic E-state index is -0.371. The van der Waals surface area contributed by atoms with E-state index in [9.17, 15) is 5.11 Å². The molecule has 2 heteroatoms. The zero-order valence-electron chi connectivity index (χ0n) is 9.70. The van der Waals surface area contributed by atoms with E-state index in [-0.39, 0.29) is 5.54 Å². The number of nitrogens with two attached hydrogens (primary N) is 1. The van der Waals surface area contributed by atoms with Crippen molar-refractivity contribution in [2.24, 2.45) is 5.73 Å². The Balaban J connectivity index is 2.51. The van der Waals surface area contributed by atoms with Crippen LogP contribution in [-0.2, 0) is 0 Å². The molecule has 16 heavy (non-hydrogen) atoms. The lowest BCUT2D eigenvalue weighted by Crippen LogP contribution is -2.35. The van der Waals surface area contributed by atoms with Gasteiger partial charge in [-0.1, -0.05) is 30.3 Å². The van der Waals surface area contributed by atoms with Crippen LogP contribution in [0.2, 0.25) is 0 Å². The van der Waals surface area contributed by atoms with Crippen LogP contribution in [0, 0.1) is 6.92 Å². The van der Waals surface area contributed by atoms with Crippen LogP contribution in [0.1, 0.15) is 24.5 Å². The van der Waals surface area contributed by atoms with Crippen molar-refractivity contribution in [1.82, 2.24) is 0 Å². The number of aliphatic hydroxyl groups excluding tert-OH is 1. The Morgan fingerprint density at radius 2 is 2.00 bits per heavy atom. The molecular formula is C14H17NO. The molecule has 0 aromatic heterocycles. The van der Waals surface area contributed by atoms with Gasteiger partial charge in [0.1, 0.15) is 5.76 Å². The maximum atomic E-state index is 9.92. The van der Waals surface area contributed by atoms with Crippen molar-refractivity contribution in [2.45, 2.75) is 25.8 Å². The Hall–Kier alpha value is -1.54. The molecule has 0 fully saturated rings. The summed E-state index contributed by atoms with van der Waals surface area (Å²) >= 11 is 0. The molecule has 0 saturated carbocycles. The van der Waals surface area contributed by atoms with Crippen molar-refractivity contribution in [3.8, 4) is 0 Å². The fraction of sp³-hybridized carbons (Fsp3) is 0.286. The number of rotatable bonds is 1. The fourth-order valence-electron chi connectivity index (χ4n) is 1.98. The maximum absolute atomic E-state index is 9.92. The van der Waals surface area contributed by atoms with Gasteiger partial charge in [0, 0.05) is 11.1 Å². The molecule has 84 valence electrons. The lowest BCUT2D eigenvalue weighted by molar-refractivity contribution is 0.423. The highest BCUT2D eigenvalue weighted by Gasteiger charge is 2.23. The van der Waals surface area contributed by atoms with Gasteiger partial charge in [0.15, 0.2) is 0 Å². The zero-order valence-corrected chi connectivity index (χ0v) is 9.70. The lowest BCUT2D eigenvalue weighted by atomic mass is 9.86. The molecule has 0 bridgehead atoms. The molecule has 3 N–H and O–H groups in total. The van der Waals surface area contributed by atoms with Gasteiger partial charge in [-0.15, -0.1) is 0 Å². The quantitative estimate of drug-likeness (QED) is 0.756. The van der Waals surface area contributed by atoms with Gasteiger partial charge in [0.2, 0.25) is 0 Å². The molecule has 1 aliphatic rings. The summed E-state index contributed by atoms with van der Waals surface area (Å²) in [4.78, 5) is 0. The van der Waals surface area contributed by atoms with Crippen molar-refractivity contribution >= 4 is 5.57 Å². The first-order chi connectivity index (χ1) is 7.49. The molecule has 1 unspecified atom stereocenters.